The number of hydrogen-bond donors (Lipinski definition) is 4. The average molecular weight is 1190 g/mol. The highest BCUT2D eigenvalue weighted by Crippen LogP contribution is 2.33. The number of aryl methyl sites for hydroxylation is 1. The minimum absolute atomic E-state index is 0. The fraction of sp³-hybridized carbons (Fsp3) is 0.143. The van der Waals surface area contributed by atoms with Crippen molar-refractivity contribution in [1.29, 1.82) is 0 Å². The molecule has 0 aliphatic heterocycles. The molecule has 1 fully saturated rings. The van der Waals surface area contributed by atoms with Crippen molar-refractivity contribution in [2.75, 3.05) is 16.8 Å². The van der Waals surface area contributed by atoms with Crippen LogP contribution in [0.2, 0.25) is 0 Å². The maximum atomic E-state index is 12.3. The summed E-state index contributed by atoms with van der Waals surface area (Å²) in [6.45, 7) is 8.87. The number of carbonyl (C=O) groups is 1. The summed E-state index contributed by atoms with van der Waals surface area (Å²) in [4.78, 5) is 43.6. The molecule has 87 heavy (non-hydrogen) atoms. The predicted molar refractivity (Wildman–Crippen MR) is 339 cm³/mol. The molecule has 1 aliphatic rings. The second-order valence-electron chi connectivity index (χ2n) is 20.2. The Balaban J connectivity index is 0.000000214. The van der Waals surface area contributed by atoms with E-state index in [-0.39, 0.29) is 59.0 Å². The smallest absolute Gasteiger partial charge is 0.322 e. The van der Waals surface area contributed by atoms with E-state index >= 15 is 0 Å². The summed E-state index contributed by atoms with van der Waals surface area (Å²) in [5.41, 5.74) is 27.7. The van der Waals surface area contributed by atoms with Crippen LogP contribution in [-0.4, -0.2) is 85.1 Å². The van der Waals surface area contributed by atoms with Crippen LogP contribution >= 0.6 is 0 Å². The van der Waals surface area contributed by atoms with Gasteiger partial charge in [-0.2, -0.15) is 0 Å². The molecule has 0 unspecified atom stereocenters. The van der Waals surface area contributed by atoms with Gasteiger partial charge >= 0.3 is 6.01 Å². The number of carbonyl (C=O) groups excluding carboxylic acids is 1. The lowest BCUT2D eigenvalue weighted by molar-refractivity contribution is -0.119. The highest BCUT2D eigenvalue weighted by Gasteiger charge is 2.26. The first-order valence-corrected chi connectivity index (χ1v) is 29.0. The molecular formula is C63H65N17O6S. The second kappa shape index (κ2) is 25.3. The molecule has 444 valence electrons. The molecule has 7 N–H and O–H groups in total. The lowest BCUT2D eigenvalue weighted by Gasteiger charge is -2.09. The van der Waals surface area contributed by atoms with E-state index in [4.69, 9.17) is 30.5 Å². The van der Waals surface area contributed by atoms with Crippen LogP contribution < -0.4 is 22.5 Å². The maximum absolute atomic E-state index is 12.3. The number of aromatic nitrogens is 13. The highest BCUT2D eigenvalue weighted by atomic mass is 32.2. The zero-order valence-electron chi connectivity index (χ0n) is 47.2. The third-order valence-corrected chi connectivity index (χ3v) is 16.2. The fourth-order valence-corrected chi connectivity index (χ4v) is 10.3. The first-order valence-electron chi connectivity index (χ1n) is 27.4. The van der Waals surface area contributed by atoms with Crippen molar-refractivity contribution in [2.45, 2.75) is 56.6 Å². The van der Waals surface area contributed by atoms with Gasteiger partial charge < -0.3 is 30.5 Å². The molecule has 0 atom stereocenters. The molecule has 0 bridgehead atoms. The lowest BCUT2D eigenvalue weighted by Crippen LogP contribution is -2.20. The molecule has 7 aromatic heterocycles. The van der Waals surface area contributed by atoms with E-state index in [1.54, 1.807) is 44.6 Å². The number of fused-ring (bicyclic) bond motifs is 1. The molecule has 13 rings (SSSR count). The van der Waals surface area contributed by atoms with Gasteiger partial charge in [0, 0.05) is 58.1 Å². The number of nitrogens with two attached hydrogens (primary N) is 3. The van der Waals surface area contributed by atoms with Gasteiger partial charge in [0.2, 0.25) is 17.7 Å². The molecule has 1 amide bonds. The van der Waals surface area contributed by atoms with Crippen molar-refractivity contribution in [2.24, 2.45) is 11.7 Å². The first kappa shape index (κ1) is 57.5. The van der Waals surface area contributed by atoms with E-state index in [2.05, 4.69) is 77.4 Å². The van der Waals surface area contributed by atoms with Gasteiger partial charge in [-0.25, -0.2) is 33.3 Å². The summed E-state index contributed by atoms with van der Waals surface area (Å²) in [5.74, 6) is 1.56. The number of pyridine rings is 1. The maximum Gasteiger partial charge on any atom is 0.322 e. The van der Waals surface area contributed by atoms with Gasteiger partial charge in [-0.15, -0.1) is 25.5 Å². The summed E-state index contributed by atoms with van der Waals surface area (Å²) in [6, 6.07) is 42.9. The number of benzene rings is 5. The van der Waals surface area contributed by atoms with Crippen LogP contribution in [0.4, 0.5) is 17.7 Å². The Bertz CT molecular complexity index is 4560. The average Bonchev–Trinajstić information content (AvgIpc) is 1.26. The normalized spacial score (nSPS) is 12.3. The third kappa shape index (κ3) is 12.9. The molecule has 1 aliphatic carbocycles. The van der Waals surface area contributed by atoms with Crippen LogP contribution in [-0.2, 0) is 14.6 Å². The van der Waals surface area contributed by atoms with Gasteiger partial charge in [0.25, 0.3) is 17.7 Å². The molecule has 23 nitrogen and oxygen atoms in total. The minimum Gasteiger partial charge on any atom is -0.415 e. The van der Waals surface area contributed by atoms with Crippen LogP contribution in [0.1, 0.15) is 57.9 Å². The Morgan fingerprint density at radius 3 is 1.68 bits per heavy atom. The first-order chi connectivity index (χ1) is 42.2. The van der Waals surface area contributed by atoms with Crippen LogP contribution in [0.5, 0.6) is 0 Å². The van der Waals surface area contributed by atoms with Crippen LogP contribution in [0.3, 0.4) is 0 Å². The number of amides is 1. The monoisotopic (exact) mass is 1190 g/mol. The lowest BCUT2D eigenvalue weighted by atomic mass is 10.1. The van der Waals surface area contributed by atoms with Crippen LogP contribution in [0, 0.1) is 12.8 Å². The van der Waals surface area contributed by atoms with Crippen LogP contribution in [0.25, 0.3) is 108 Å². The zero-order chi connectivity index (χ0) is 60.6. The SMILES string of the molecule is C=C(N)c1ccc(-c2cnc(C)c(-c3nnc(-c4ccccc4)o3)n2)cc1.CC(C)S(=O)(=O)c1ccc(-c2cnc(N)c(-c3nnc(NC(=O)C4CCCC4)o3)n2)cc1.Nc1ncc(-c2cccc3cccnc23)nc1-c1nnc(-c2ccccc2)o1.[HH].[HH].[HH].[HH].[HH]. The summed E-state index contributed by atoms with van der Waals surface area (Å²) >= 11 is 0. The number of nitrogen functional groups attached to an aromatic ring is 2. The Kier molecular flexibility index (Phi) is 16.7. The summed E-state index contributed by atoms with van der Waals surface area (Å²) < 4.78 is 41.8. The number of anilines is 3. The quantitative estimate of drug-likeness (QED) is 0.0833. The van der Waals surface area contributed by atoms with E-state index < -0.39 is 15.1 Å². The summed E-state index contributed by atoms with van der Waals surface area (Å²) in [7, 11) is -3.37. The molecule has 7 heterocycles. The van der Waals surface area contributed by atoms with Gasteiger partial charge in [0.15, 0.2) is 32.9 Å². The molecule has 1 saturated carbocycles. The van der Waals surface area contributed by atoms with E-state index in [0.29, 0.717) is 63.1 Å². The molecule has 5 aromatic carbocycles. The van der Waals surface area contributed by atoms with Gasteiger partial charge in [-0.05, 0) is 81.6 Å². The number of nitrogens with one attached hydrogen (secondary N) is 1. The molecular weight excluding hydrogens is 1120 g/mol. The van der Waals surface area contributed by atoms with Gasteiger partial charge in [-0.3, -0.25) is 20.1 Å². The van der Waals surface area contributed by atoms with E-state index in [9.17, 15) is 13.2 Å². The second-order valence-corrected chi connectivity index (χ2v) is 22.7. The molecule has 0 spiro atoms. The third-order valence-electron chi connectivity index (χ3n) is 14.0. The number of rotatable bonds is 13. The van der Waals surface area contributed by atoms with E-state index in [1.807, 2.05) is 122 Å². The molecule has 0 radical (unpaired) electrons. The van der Waals surface area contributed by atoms with Crippen molar-refractivity contribution in [3.05, 3.63) is 182 Å². The van der Waals surface area contributed by atoms with Gasteiger partial charge in [-0.1, -0.05) is 122 Å². The Hall–Kier alpha value is -11.3. The number of para-hydroxylation sites is 1. The standard InChI is InChI=1S/C21H24N6O4S.C21H14N6O.C21H17N5O.5H2/c1-12(2)32(29,30)15-9-7-13(8-10-15)16-11-23-18(22)17(24-16)20-26-27-21(31-20)25-19(28)14-5-3-4-6-14;22-19-18(21-27-26-20(28-21)14-6-2-1-3-7-14)25-16(12-24-19)15-10-4-8-13-9-5-11-23-17(13)15;1-13(22)15-8-10-16(11-9-15)18-12-23-14(2)19(24-18)21-26-25-20(27-21)17-6-4-3-5-7-17;;;;;/h7-12,14H,3-6H2,1-2H3,(H2,22,23)(H,25,27,28);1-12H,(H2,22,24);3-12H,1,22H2,2H3;5*1H. The summed E-state index contributed by atoms with van der Waals surface area (Å²) in [5, 5.41) is 27.4. The van der Waals surface area contributed by atoms with E-state index in [1.165, 1.54) is 18.3 Å². The Morgan fingerprint density at radius 1 is 0.575 bits per heavy atom. The zero-order valence-corrected chi connectivity index (χ0v) is 48.0. The minimum atomic E-state index is -3.37. The largest absolute Gasteiger partial charge is 0.415 e. The highest BCUT2D eigenvalue weighted by molar-refractivity contribution is 7.92. The van der Waals surface area contributed by atoms with Crippen LogP contribution in [0.15, 0.2) is 189 Å². The van der Waals surface area contributed by atoms with Crippen molar-refractivity contribution in [3.63, 3.8) is 0 Å². The van der Waals surface area contributed by atoms with Crippen molar-refractivity contribution < 1.29 is 33.6 Å². The molecule has 24 heteroatoms. The van der Waals surface area contributed by atoms with Gasteiger partial charge in [0.1, 0.15) is 5.69 Å². The van der Waals surface area contributed by atoms with E-state index in [0.717, 1.165) is 64.4 Å². The van der Waals surface area contributed by atoms with Crippen molar-refractivity contribution in [3.8, 4) is 91.4 Å². The number of sulfone groups is 1. The predicted octanol–water partition coefficient (Wildman–Crippen LogP) is 12.4. The van der Waals surface area contributed by atoms with Crippen molar-refractivity contribution in [1.82, 2.24) is 65.5 Å². The Labute approximate surface area is 505 Å². The van der Waals surface area contributed by atoms with Gasteiger partial charge in [0.05, 0.1) is 57.0 Å². The number of nitrogens with zero attached hydrogens (tertiary/aromatic N) is 13. The van der Waals surface area contributed by atoms with Crippen molar-refractivity contribution >= 4 is 50.0 Å². The molecule has 12 aromatic rings. The summed E-state index contributed by atoms with van der Waals surface area (Å²) in [6.07, 6.45) is 10.4. The number of hydrogen-bond acceptors (Lipinski definition) is 22. The fourth-order valence-electron chi connectivity index (χ4n) is 9.22. The molecule has 0 saturated heterocycles. The topological polar surface area (TPSA) is 348 Å². The Morgan fingerprint density at radius 2 is 1.08 bits per heavy atom.